The largest absolute Gasteiger partial charge is 0.396 e. The first-order valence-electron chi connectivity index (χ1n) is 3.94. The lowest BCUT2D eigenvalue weighted by molar-refractivity contribution is 0.587. The fourth-order valence-corrected chi connectivity index (χ4v) is 2.62. The number of benzene rings is 1. The molecule has 0 aliphatic heterocycles. The maximum atomic E-state index is 13.3. The average molecular weight is 201 g/mol. The second-order valence-electron chi connectivity index (χ2n) is 3.46. The van der Waals surface area contributed by atoms with E-state index < -0.39 is 13.0 Å². The fraction of sp³-hybridized carbons (Fsp3) is 0.333. The third-order valence-electron chi connectivity index (χ3n) is 1.97. The minimum atomic E-state index is -2.40. The molecule has 1 aromatic rings. The molecule has 0 bridgehead atoms. The Bertz CT molecular complexity index is 383. The van der Waals surface area contributed by atoms with Crippen molar-refractivity contribution in [3.05, 3.63) is 23.5 Å². The molecule has 0 spiro atoms. The van der Waals surface area contributed by atoms with Gasteiger partial charge in [-0.05, 0) is 37.9 Å². The van der Waals surface area contributed by atoms with Crippen LogP contribution in [0.3, 0.4) is 0 Å². The molecule has 1 aromatic carbocycles. The van der Waals surface area contributed by atoms with E-state index in [0.717, 1.165) is 0 Å². The molecular formula is C9H13FNOP. The smallest absolute Gasteiger partial charge is 0.149 e. The van der Waals surface area contributed by atoms with Crippen molar-refractivity contribution >= 4 is 18.1 Å². The zero-order chi connectivity index (χ0) is 10.2. The topological polar surface area (TPSA) is 43.1 Å². The van der Waals surface area contributed by atoms with Crippen molar-refractivity contribution < 1.29 is 8.96 Å². The van der Waals surface area contributed by atoms with Crippen molar-refractivity contribution in [3.63, 3.8) is 0 Å². The van der Waals surface area contributed by atoms with Crippen LogP contribution < -0.4 is 11.0 Å². The van der Waals surface area contributed by atoms with Crippen molar-refractivity contribution in [3.8, 4) is 0 Å². The van der Waals surface area contributed by atoms with Crippen LogP contribution in [0.5, 0.6) is 0 Å². The standard InChI is InChI=1S/C9H13FNOP/c1-6-8(13(2,3)12)5-4-7(11)9(6)10/h4-5H,11H2,1-3H3. The number of hydrogen-bond acceptors (Lipinski definition) is 2. The number of nitrogen functional groups attached to an aromatic ring is 1. The summed E-state index contributed by atoms with van der Waals surface area (Å²) >= 11 is 0. The Kier molecular flexibility index (Phi) is 2.49. The summed E-state index contributed by atoms with van der Waals surface area (Å²) in [5, 5.41) is 0.569. The molecule has 1 rings (SSSR count). The molecule has 0 amide bonds. The third-order valence-corrected chi connectivity index (χ3v) is 3.61. The fourth-order valence-electron chi connectivity index (χ4n) is 1.28. The second kappa shape index (κ2) is 3.15. The first-order valence-corrected chi connectivity index (χ1v) is 6.54. The predicted molar refractivity (Wildman–Crippen MR) is 54.6 cm³/mol. The summed E-state index contributed by atoms with van der Waals surface area (Å²) in [6, 6.07) is 3.09. The number of anilines is 1. The van der Waals surface area contributed by atoms with Gasteiger partial charge in [-0.25, -0.2) is 4.39 Å². The summed E-state index contributed by atoms with van der Waals surface area (Å²) in [6.07, 6.45) is 0. The van der Waals surface area contributed by atoms with Gasteiger partial charge in [0.1, 0.15) is 13.0 Å². The lowest BCUT2D eigenvalue weighted by Gasteiger charge is -2.12. The Labute approximate surface area is 77.3 Å². The van der Waals surface area contributed by atoms with Crippen LogP contribution >= 0.6 is 7.14 Å². The third kappa shape index (κ3) is 1.92. The minimum Gasteiger partial charge on any atom is -0.396 e. The quantitative estimate of drug-likeness (QED) is 0.557. The van der Waals surface area contributed by atoms with Crippen molar-refractivity contribution in [1.29, 1.82) is 0 Å². The summed E-state index contributed by atoms with van der Waals surface area (Å²) in [5.41, 5.74) is 5.87. The number of nitrogens with two attached hydrogens (primary N) is 1. The van der Waals surface area contributed by atoms with Crippen LogP contribution in [0.4, 0.5) is 10.1 Å². The predicted octanol–water partition coefficient (Wildman–Crippen LogP) is 1.96. The van der Waals surface area contributed by atoms with Crippen LogP contribution in [0.15, 0.2) is 12.1 Å². The Morgan fingerprint density at radius 2 is 1.92 bits per heavy atom. The van der Waals surface area contributed by atoms with Gasteiger partial charge in [-0.2, -0.15) is 0 Å². The second-order valence-corrected chi connectivity index (χ2v) is 6.65. The van der Waals surface area contributed by atoms with Gasteiger partial charge in [0.05, 0.1) is 5.69 Å². The van der Waals surface area contributed by atoms with Gasteiger partial charge in [-0.1, -0.05) is 0 Å². The normalized spacial score (nSPS) is 11.7. The van der Waals surface area contributed by atoms with E-state index in [1.54, 1.807) is 26.3 Å². The zero-order valence-electron chi connectivity index (χ0n) is 7.97. The maximum Gasteiger partial charge on any atom is 0.149 e. The first kappa shape index (κ1) is 10.3. The van der Waals surface area contributed by atoms with Crippen LogP contribution in [-0.2, 0) is 4.57 Å². The Hall–Kier alpha value is -0.820. The highest BCUT2D eigenvalue weighted by Gasteiger charge is 2.17. The number of halogens is 1. The molecule has 0 aliphatic carbocycles. The van der Waals surface area contributed by atoms with Gasteiger partial charge in [0.25, 0.3) is 0 Å². The van der Waals surface area contributed by atoms with Crippen LogP contribution in [0.2, 0.25) is 0 Å². The van der Waals surface area contributed by atoms with Crippen molar-refractivity contribution in [1.82, 2.24) is 0 Å². The van der Waals surface area contributed by atoms with E-state index >= 15 is 0 Å². The highest BCUT2D eigenvalue weighted by atomic mass is 31.2. The molecule has 72 valence electrons. The van der Waals surface area contributed by atoms with Gasteiger partial charge >= 0.3 is 0 Å². The summed E-state index contributed by atoms with van der Waals surface area (Å²) in [4.78, 5) is 0. The van der Waals surface area contributed by atoms with E-state index in [0.29, 0.717) is 10.9 Å². The minimum absolute atomic E-state index is 0.106. The van der Waals surface area contributed by atoms with Crippen molar-refractivity contribution in [2.24, 2.45) is 0 Å². The van der Waals surface area contributed by atoms with Gasteiger partial charge in [0.15, 0.2) is 0 Å². The van der Waals surface area contributed by atoms with E-state index in [1.807, 2.05) is 0 Å². The van der Waals surface area contributed by atoms with Gasteiger partial charge in [0, 0.05) is 5.30 Å². The zero-order valence-corrected chi connectivity index (χ0v) is 8.86. The summed E-state index contributed by atoms with van der Waals surface area (Å²) in [5.74, 6) is -0.457. The molecule has 2 N–H and O–H groups in total. The summed E-state index contributed by atoms with van der Waals surface area (Å²) in [7, 11) is -2.40. The molecular weight excluding hydrogens is 188 g/mol. The molecule has 0 unspecified atom stereocenters. The Morgan fingerprint density at radius 1 is 1.38 bits per heavy atom. The molecule has 0 aromatic heterocycles. The average Bonchev–Trinajstić information content (AvgIpc) is 1.98. The number of rotatable bonds is 1. The van der Waals surface area contributed by atoms with Crippen LogP contribution in [-0.4, -0.2) is 13.3 Å². The van der Waals surface area contributed by atoms with E-state index in [-0.39, 0.29) is 5.69 Å². The Morgan fingerprint density at radius 3 is 2.38 bits per heavy atom. The van der Waals surface area contributed by atoms with Crippen LogP contribution in [0.25, 0.3) is 0 Å². The van der Waals surface area contributed by atoms with Crippen molar-refractivity contribution in [2.45, 2.75) is 6.92 Å². The van der Waals surface area contributed by atoms with Gasteiger partial charge in [-0.3, -0.25) is 0 Å². The maximum absolute atomic E-state index is 13.3. The van der Waals surface area contributed by atoms with E-state index in [2.05, 4.69) is 0 Å². The number of hydrogen-bond donors (Lipinski definition) is 1. The molecule has 2 nitrogen and oxygen atoms in total. The first-order chi connectivity index (χ1) is 5.84. The monoisotopic (exact) mass is 201 g/mol. The highest BCUT2D eigenvalue weighted by Crippen LogP contribution is 2.36. The lowest BCUT2D eigenvalue weighted by atomic mass is 10.2. The molecule has 0 aliphatic rings. The lowest BCUT2D eigenvalue weighted by Crippen LogP contribution is -2.11. The Balaban J connectivity index is 3.44. The molecule has 0 radical (unpaired) electrons. The van der Waals surface area contributed by atoms with Gasteiger partial charge < -0.3 is 10.3 Å². The van der Waals surface area contributed by atoms with Gasteiger partial charge in [0.2, 0.25) is 0 Å². The molecule has 4 heteroatoms. The van der Waals surface area contributed by atoms with Gasteiger partial charge in [-0.15, -0.1) is 0 Å². The van der Waals surface area contributed by atoms with E-state index in [4.69, 9.17) is 5.73 Å². The van der Waals surface area contributed by atoms with Crippen LogP contribution in [0, 0.1) is 12.7 Å². The SMILES string of the molecule is Cc1c(P(C)(C)=O)ccc(N)c1F. The van der Waals surface area contributed by atoms with Crippen molar-refractivity contribution in [2.75, 3.05) is 19.1 Å². The van der Waals surface area contributed by atoms with E-state index in [9.17, 15) is 8.96 Å². The molecule has 0 saturated carbocycles. The molecule has 0 fully saturated rings. The van der Waals surface area contributed by atoms with Crippen LogP contribution in [0.1, 0.15) is 5.56 Å². The molecule has 0 saturated heterocycles. The summed E-state index contributed by atoms with van der Waals surface area (Å²) < 4.78 is 25.0. The molecule has 13 heavy (non-hydrogen) atoms. The molecule has 0 atom stereocenters. The molecule has 0 heterocycles. The highest BCUT2D eigenvalue weighted by molar-refractivity contribution is 7.70. The van der Waals surface area contributed by atoms with E-state index in [1.165, 1.54) is 6.07 Å². The summed E-state index contributed by atoms with van der Waals surface area (Å²) in [6.45, 7) is 4.83.